The average molecular weight is 422 g/mol. The summed E-state index contributed by atoms with van der Waals surface area (Å²) in [6.07, 6.45) is 0. The molecule has 0 aromatic heterocycles. The highest BCUT2D eigenvalue weighted by Crippen LogP contribution is 2.33. The molecule has 29 heavy (non-hydrogen) atoms. The first-order valence-corrected chi connectivity index (χ1v) is 10.4. The normalized spacial score (nSPS) is 12.4. The third kappa shape index (κ3) is 5.18. The summed E-state index contributed by atoms with van der Waals surface area (Å²) in [5.74, 6) is 0.847. The van der Waals surface area contributed by atoms with E-state index in [1.165, 1.54) is 26.2 Å². The number of carbonyl (C=O) groups excluding carboxylic acids is 1. The van der Waals surface area contributed by atoms with Gasteiger partial charge in [0, 0.05) is 31.5 Å². The number of rotatable bonds is 8. The van der Waals surface area contributed by atoms with E-state index in [1.807, 2.05) is 13.0 Å². The monoisotopic (exact) mass is 421 g/mol. The summed E-state index contributed by atoms with van der Waals surface area (Å²) in [6, 6.07) is 9.15. The minimum Gasteiger partial charge on any atom is -0.493 e. The van der Waals surface area contributed by atoms with Crippen LogP contribution in [-0.4, -0.2) is 53.0 Å². The minimum absolute atomic E-state index is 0.108. The van der Waals surface area contributed by atoms with Crippen molar-refractivity contribution in [1.82, 2.24) is 4.31 Å². The van der Waals surface area contributed by atoms with Crippen molar-refractivity contribution in [1.29, 1.82) is 0 Å². The second kappa shape index (κ2) is 9.15. The quantitative estimate of drug-likeness (QED) is 0.680. The van der Waals surface area contributed by atoms with Crippen LogP contribution in [-0.2, 0) is 14.8 Å². The van der Waals surface area contributed by atoms with Crippen LogP contribution in [0.1, 0.15) is 12.5 Å². The highest BCUT2D eigenvalue weighted by atomic mass is 32.2. The Hall–Kier alpha value is -2.78. The van der Waals surface area contributed by atoms with Gasteiger partial charge in [0.2, 0.25) is 15.9 Å². The minimum atomic E-state index is -3.58. The maximum atomic E-state index is 12.6. The van der Waals surface area contributed by atoms with Gasteiger partial charge in [0.1, 0.15) is 6.04 Å². The number of aryl methyl sites for hydroxylation is 1. The molecule has 0 aliphatic rings. The molecule has 9 heteroatoms. The Balaban J connectivity index is 2.16. The topological polar surface area (TPSA) is 97.0 Å². The number of hydrogen-bond acceptors (Lipinski definition) is 6. The zero-order chi connectivity index (χ0) is 21.8. The molecule has 0 aliphatic carbocycles. The van der Waals surface area contributed by atoms with Gasteiger partial charge in [-0.3, -0.25) is 4.79 Å². The lowest BCUT2D eigenvalue weighted by Gasteiger charge is -2.19. The summed E-state index contributed by atoms with van der Waals surface area (Å²) in [5.41, 5.74) is 2.02. The maximum Gasteiger partial charge on any atom is 0.246 e. The van der Waals surface area contributed by atoms with E-state index in [0.717, 1.165) is 15.6 Å². The number of nitrogens with one attached hydrogen (secondary N) is 2. The van der Waals surface area contributed by atoms with Crippen molar-refractivity contribution in [3.05, 3.63) is 42.0 Å². The first-order chi connectivity index (χ1) is 13.6. The zero-order valence-electron chi connectivity index (χ0n) is 17.4. The first kappa shape index (κ1) is 22.5. The van der Waals surface area contributed by atoms with Crippen molar-refractivity contribution in [3.8, 4) is 11.5 Å². The molecular weight excluding hydrogens is 394 g/mol. The number of amides is 1. The Labute approximate surface area is 171 Å². The Morgan fingerprint density at radius 1 is 1.07 bits per heavy atom. The van der Waals surface area contributed by atoms with Gasteiger partial charge in [0.25, 0.3) is 0 Å². The molecule has 2 rings (SSSR count). The van der Waals surface area contributed by atoms with Gasteiger partial charge >= 0.3 is 0 Å². The lowest BCUT2D eigenvalue weighted by atomic mass is 10.1. The van der Waals surface area contributed by atoms with Crippen LogP contribution in [0.5, 0.6) is 11.5 Å². The van der Waals surface area contributed by atoms with Gasteiger partial charge in [-0.05, 0) is 43.7 Å². The summed E-state index contributed by atoms with van der Waals surface area (Å²) in [6.45, 7) is 3.61. The zero-order valence-corrected chi connectivity index (χ0v) is 18.3. The Morgan fingerprint density at radius 3 is 2.28 bits per heavy atom. The summed E-state index contributed by atoms with van der Waals surface area (Å²) >= 11 is 0. The molecule has 2 N–H and O–H groups in total. The largest absolute Gasteiger partial charge is 0.493 e. The Kier molecular flexibility index (Phi) is 7.10. The molecule has 0 unspecified atom stereocenters. The van der Waals surface area contributed by atoms with Gasteiger partial charge in [-0.15, -0.1) is 0 Å². The third-order valence-electron chi connectivity index (χ3n) is 4.38. The van der Waals surface area contributed by atoms with Crippen LogP contribution in [0, 0.1) is 6.92 Å². The number of carbonyl (C=O) groups is 1. The number of methoxy groups -OCH3 is 2. The van der Waals surface area contributed by atoms with E-state index in [4.69, 9.17) is 9.47 Å². The van der Waals surface area contributed by atoms with E-state index in [2.05, 4.69) is 10.6 Å². The molecule has 0 bridgehead atoms. The molecule has 8 nitrogen and oxygen atoms in total. The summed E-state index contributed by atoms with van der Waals surface area (Å²) in [7, 11) is 2.43. The van der Waals surface area contributed by atoms with Gasteiger partial charge < -0.3 is 20.1 Å². The van der Waals surface area contributed by atoms with E-state index >= 15 is 0 Å². The van der Waals surface area contributed by atoms with Crippen LogP contribution in [0.4, 0.5) is 11.4 Å². The summed E-state index contributed by atoms with van der Waals surface area (Å²) < 4.78 is 36.3. The molecule has 0 saturated carbocycles. The van der Waals surface area contributed by atoms with Gasteiger partial charge in [-0.2, -0.15) is 0 Å². The Morgan fingerprint density at radius 2 is 1.69 bits per heavy atom. The molecule has 1 atom stereocenters. The predicted octanol–water partition coefficient (Wildman–Crippen LogP) is 2.70. The standard InChI is InChI=1S/C20H27N3O5S/c1-13-10-18(27-5)19(28-6)12-17(13)21-14(2)20(24)22-15-8-7-9-16(11-15)29(25,26)23(3)4/h7-12,14,21H,1-6H3,(H,22,24)/t14-/m1/s1. The molecule has 0 radical (unpaired) electrons. The van der Waals surface area contributed by atoms with Gasteiger partial charge in [0.05, 0.1) is 19.1 Å². The third-order valence-corrected chi connectivity index (χ3v) is 6.19. The highest BCUT2D eigenvalue weighted by Gasteiger charge is 2.19. The van der Waals surface area contributed by atoms with Crippen molar-refractivity contribution in [2.45, 2.75) is 24.8 Å². The predicted molar refractivity (Wildman–Crippen MR) is 113 cm³/mol. The summed E-state index contributed by atoms with van der Waals surface area (Å²) in [5, 5.41) is 5.89. The van der Waals surface area contributed by atoms with Crippen LogP contribution in [0.2, 0.25) is 0 Å². The average Bonchev–Trinajstić information content (AvgIpc) is 2.69. The highest BCUT2D eigenvalue weighted by molar-refractivity contribution is 7.89. The second-order valence-electron chi connectivity index (χ2n) is 6.69. The molecule has 2 aromatic rings. The maximum absolute atomic E-state index is 12.6. The number of ether oxygens (including phenoxy) is 2. The fourth-order valence-electron chi connectivity index (χ4n) is 2.63. The van der Waals surface area contributed by atoms with Crippen molar-refractivity contribution in [2.75, 3.05) is 38.9 Å². The molecular formula is C20H27N3O5S. The van der Waals surface area contributed by atoms with Gasteiger partial charge in [-0.1, -0.05) is 6.07 Å². The Bertz CT molecular complexity index is 990. The smallest absolute Gasteiger partial charge is 0.246 e. The van der Waals surface area contributed by atoms with Gasteiger partial charge in [-0.25, -0.2) is 12.7 Å². The van der Waals surface area contributed by atoms with Crippen molar-refractivity contribution in [2.24, 2.45) is 0 Å². The lowest BCUT2D eigenvalue weighted by Crippen LogP contribution is -2.32. The molecule has 0 saturated heterocycles. The van der Waals surface area contributed by atoms with Crippen LogP contribution >= 0.6 is 0 Å². The first-order valence-electron chi connectivity index (χ1n) is 8.92. The van der Waals surface area contributed by atoms with Gasteiger partial charge in [0.15, 0.2) is 11.5 Å². The van der Waals surface area contributed by atoms with Crippen molar-refractivity contribution >= 4 is 27.3 Å². The van der Waals surface area contributed by atoms with Crippen LogP contribution < -0.4 is 20.1 Å². The molecule has 158 valence electrons. The number of benzene rings is 2. The fraction of sp³-hybridized carbons (Fsp3) is 0.350. The molecule has 2 aromatic carbocycles. The fourth-order valence-corrected chi connectivity index (χ4v) is 3.58. The van der Waals surface area contributed by atoms with E-state index in [9.17, 15) is 13.2 Å². The molecule has 0 aliphatic heterocycles. The van der Waals surface area contributed by atoms with E-state index in [0.29, 0.717) is 17.2 Å². The number of nitrogens with zero attached hydrogens (tertiary/aromatic N) is 1. The van der Waals surface area contributed by atoms with Crippen LogP contribution in [0.25, 0.3) is 0 Å². The number of anilines is 2. The van der Waals surface area contributed by atoms with Crippen LogP contribution in [0.15, 0.2) is 41.3 Å². The molecule has 1 amide bonds. The summed E-state index contributed by atoms with van der Waals surface area (Å²) in [4.78, 5) is 12.7. The number of sulfonamides is 1. The molecule has 0 heterocycles. The lowest BCUT2D eigenvalue weighted by molar-refractivity contribution is -0.116. The van der Waals surface area contributed by atoms with E-state index in [-0.39, 0.29) is 10.8 Å². The molecule has 0 spiro atoms. The van der Waals surface area contributed by atoms with Crippen molar-refractivity contribution < 1.29 is 22.7 Å². The van der Waals surface area contributed by atoms with E-state index < -0.39 is 16.1 Å². The second-order valence-corrected chi connectivity index (χ2v) is 8.84. The SMILES string of the molecule is COc1cc(C)c(N[C@H](C)C(=O)Nc2cccc(S(=O)(=O)N(C)C)c2)cc1OC. The number of hydrogen-bond donors (Lipinski definition) is 2. The van der Waals surface area contributed by atoms with Crippen molar-refractivity contribution in [3.63, 3.8) is 0 Å². The van der Waals surface area contributed by atoms with Crippen LogP contribution in [0.3, 0.4) is 0 Å². The molecule has 0 fully saturated rings. The van der Waals surface area contributed by atoms with E-state index in [1.54, 1.807) is 39.3 Å².